The minimum Gasteiger partial charge on any atom is -0.379 e. The molecule has 6 aliphatic carbocycles. The maximum Gasteiger partial charge on any atom is 0.291 e. The van der Waals surface area contributed by atoms with Crippen LogP contribution < -0.4 is 0 Å². The third kappa shape index (κ3) is 2.93. The van der Waals surface area contributed by atoms with E-state index in [0.29, 0.717) is 10.8 Å². The zero-order chi connectivity index (χ0) is 24.5. The SMILES string of the molecule is CC(O)N(CC12C3C4C1C1C2C3C41CN(C(C)O)C(C)O)C(C)O.O=[N+]([O-])O.O=[N+]([O-])O. The van der Waals surface area contributed by atoms with Crippen LogP contribution in [0.2, 0.25) is 0 Å². The fourth-order valence-electron chi connectivity index (χ4n) is 8.39. The van der Waals surface area contributed by atoms with E-state index < -0.39 is 35.1 Å². The Hall–Kier alpha value is -1.84. The van der Waals surface area contributed by atoms with Crippen molar-refractivity contribution in [2.75, 3.05) is 13.1 Å². The lowest BCUT2D eigenvalue weighted by atomic mass is 8.92. The summed E-state index contributed by atoms with van der Waals surface area (Å²) in [5, 5.41) is 67.1. The Kier molecular flexibility index (Phi) is 6.11. The Bertz CT molecular complexity index is 620. The standard InChI is InChI=1S/C18H30N2O4.2HNO3/c1-7(21)19(8(2)22)5-17-11-14-12(17)16-13(17)15(11)18(14,16)6-20(9(3)23)10(4)24;2*2-1(3)4/h7-16,21-24H,5-6H2,1-4H3;2*(H,2,3,4). The Morgan fingerprint density at radius 2 is 0.812 bits per heavy atom. The molecule has 6 aliphatic rings. The molecule has 0 aromatic carbocycles. The van der Waals surface area contributed by atoms with Crippen LogP contribution in [0, 0.1) is 66.6 Å². The van der Waals surface area contributed by atoms with Crippen molar-refractivity contribution >= 4 is 0 Å². The van der Waals surface area contributed by atoms with Gasteiger partial charge in [-0.15, -0.1) is 20.2 Å². The van der Waals surface area contributed by atoms with Crippen molar-refractivity contribution in [2.45, 2.75) is 52.6 Å². The number of nitrogens with zero attached hydrogens (tertiary/aromatic N) is 4. The van der Waals surface area contributed by atoms with Crippen LogP contribution in [0.4, 0.5) is 0 Å². The van der Waals surface area contributed by atoms with E-state index in [1.54, 1.807) is 27.7 Å². The van der Waals surface area contributed by atoms with Gasteiger partial charge in [0.2, 0.25) is 0 Å². The van der Waals surface area contributed by atoms with Crippen LogP contribution in [0.1, 0.15) is 27.7 Å². The molecule has 0 aromatic rings. The van der Waals surface area contributed by atoms with Crippen molar-refractivity contribution < 1.29 is 41.0 Å². The molecule has 0 radical (unpaired) electrons. The zero-order valence-corrected chi connectivity index (χ0v) is 18.3. The van der Waals surface area contributed by atoms with E-state index in [1.807, 2.05) is 9.80 Å². The highest BCUT2D eigenvalue weighted by Crippen LogP contribution is 3.10. The first-order chi connectivity index (χ1) is 14.7. The van der Waals surface area contributed by atoms with Crippen LogP contribution in [-0.4, -0.2) is 88.8 Å². The highest BCUT2D eigenvalue weighted by molar-refractivity contribution is 5.55. The van der Waals surface area contributed by atoms with E-state index in [1.165, 1.54) is 0 Å². The monoisotopic (exact) mass is 464 g/mol. The van der Waals surface area contributed by atoms with Gasteiger partial charge in [0.05, 0.1) is 0 Å². The molecule has 0 saturated heterocycles. The molecule has 6 saturated carbocycles. The lowest BCUT2D eigenvalue weighted by Crippen LogP contribution is -3.11. The quantitative estimate of drug-likeness (QED) is 0.145. The fourth-order valence-corrected chi connectivity index (χ4v) is 8.39. The second-order valence-electron chi connectivity index (χ2n) is 9.73. The van der Waals surface area contributed by atoms with Gasteiger partial charge in [-0.1, -0.05) is 0 Å². The van der Waals surface area contributed by atoms with Crippen molar-refractivity contribution in [3.8, 4) is 0 Å². The number of rotatable bonds is 8. The van der Waals surface area contributed by atoms with E-state index in [0.717, 1.165) is 48.6 Å². The second-order valence-corrected chi connectivity index (χ2v) is 9.73. The molecular formula is C18H32N4O10. The van der Waals surface area contributed by atoms with Gasteiger partial charge in [-0.3, -0.25) is 9.80 Å². The molecule has 6 N–H and O–H groups in total. The van der Waals surface area contributed by atoms with Crippen LogP contribution in [0.15, 0.2) is 0 Å². The summed E-state index contributed by atoms with van der Waals surface area (Å²) < 4.78 is 0. The van der Waals surface area contributed by atoms with Gasteiger partial charge in [-0.25, -0.2) is 0 Å². The molecule has 184 valence electrons. The van der Waals surface area contributed by atoms with E-state index >= 15 is 0 Å². The molecule has 6 rings (SSSR count). The Morgan fingerprint density at radius 1 is 0.656 bits per heavy atom. The van der Waals surface area contributed by atoms with Crippen molar-refractivity contribution in [3.05, 3.63) is 20.2 Å². The van der Waals surface area contributed by atoms with Crippen LogP contribution >= 0.6 is 0 Å². The van der Waals surface area contributed by atoms with E-state index in [4.69, 9.17) is 30.6 Å². The summed E-state index contributed by atoms with van der Waals surface area (Å²) in [6.07, 6.45) is -2.44. The van der Waals surface area contributed by atoms with E-state index in [-0.39, 0.29) is 0 Å². The van der Waals surface area contributed by atoms with Gasteiger partial charge in [0, 0.05) is 13.1 Å². The molecule has 4 unspecified atom stereocenters. The van der Waals surface area contributed by atoms with Gasteiger partial charge in [0.15, 0.2) is 0 Å². The maximum absolute atomic E-state index is 9.96. The molecular weight excluding hydrogens is 432 g/mol. The summed E-state index contributed by atoms with van der Waals surface area (Å²) in [5.74, 6) is 4.51. The molecule has 0 spiro atoms. The molecule has 14 heteroatoms. The van der Waals surface area contributed by atoms with Crippen molar-refractivity contribution in [2.24, 2.45) is 46.3 Å². The van der Waals surface area contributed by atoms with Gasteiger partial charge in [-0.05, 0) is 74.0 Å². The van der Waals surface area contributed by atoms with Gasteiger partial charge in [0.25, 0.3) is 10.2 Å². The largest absolute Gasteiger partial charge is 0.379 e. The lowest BCUT2D eigenvalue weighted by Gasteiger charge is -3.12. The summed E-state index contributed by atoms with van der Waals surface area (Å²) in [5.41, 5.74) is 0.715. The van der Waals surface area contributed by atoms with Crippen molar-refractivity contribution in [1.82, 2.24) is 9.80 Å². The predicted molar refractivity (Wildman–Crippen MR) is 104 cm³/mol. The Labute approximate surface area is 183 Å². The number of hydrogen-bond acceptors (Lipinski definition) is 10. The predicted octanol–water partition coefficient (Wildman–Crippen LogP) is -1.01. The van der Waals surface area contributed by atoms with Gasteiger partial charge >= 0.3 is 0 Å². The minimum atomic E-state index is -1.50. The molecule has 0 amide bonds. The average Bonchev–Trinajstić information content (AvgIpc) is 2.62. The number of aliphatic hydroxyl groups excluding tert-OH is 4. The zero-order valence-electron chi connectivity index (χ0n) is 18.3. The summed E-state index contributed by atoms with van der Waals surface area (Å²) >= 11 is 0. The summed E-state index contributed by atoms with van der Waals surface area (Å²) in [6.45, 7) is 8.58. The molecule has 0 aliphatic heterocycles. The number of hydrogen-bond donors (Lipinski definition) is 6. The summed E-state index contributed by atoms with van der Waals surface area (Å²) in [4.78, 5) is 20.4. The third-order valence-electron chi connectivity index (χ3n) is 8.88. The fraction of sp³-hybridized carbons (Fsp3) is 1.00. The highest BCUT2D eigenvalue weighted by atomic mass is 16.9. The van der Waals surface area contributed by atoms with Crippen LogP contribution in [0.25, 0.3) is 0 Å². The van der Waals surface area contributed by atoms with E-state index in [2.05, 4.69) is 0 Å². The van der Waals surface area contributed by atoms with Gasteiger partial charge < -0.3 is 30.8 Å². The second kappa shape index (κ2) is 7.88. The first kappa shape index (κ1) is 24.8. The molecule has 6 fully saturated rings. The number of aliphatic hydroxyl groups is 4. The first-order valence-electron chi connectivity index (χ1n) is 10.6. The molecule has 14 nitrogen and oxygen atoms in total. The molecule has 0 aromatic heterocycles. The lowest BCUT2D eigenvalue weighted by molar-refractivity contribution is -0.742. The van der Waals surface area contributed by atoms with Gasteiger partial charge in [-0.2, -0.15) is 0 Å². The highest BCUT2D eigenvalue weighted by Gasteiger charge is 3.09. The van der Waals surface area contributed by atoms with Crippen LogP contribution in [0.5, 0.6) is 0 Å². The topological polar surface area (TPSA) is 214 Å². The minimum absolute atomic E-state index is 0.357. The van der Waals surface area contributed by atoms with Gasteiger partial charge in [0.1, 0.15) is 24.9 Å². The van der Waals surface area contributed by atoms with E-state index in [9.17, 15) is 20.4 Å². The third-order valence-corrected chi connectivity index (χ3v) is 8.88. The first-order valence-corrected chi connectivity index (χ1v) is 10.6. The Morgan fingerprint density at radius 3 is 0.938 bits per heavy atom. The summed E-state index contributed by atoms with van der Waals surface area (Å²) in [6, 6.07) is 0. The molecule has 32 heavy (non-hydrogen) atoms. The van der Waals surface area contributed by atoms with Crippen LogP contribution in [-0.2, 0) is 0 Å². The van der Waals surface area contributed by atoms with Crippen LogP contribution in [0.3, 0.4) is 0 Å². The molecule has 4 atom stereocenters. The molecule has 0 bridgehead atoms. The summed E-state index contributed by atoms with van der Waals surface area (Å²) in [7, 11) is 0. The smallest absolute Gasteiger partial charge is 0.291 e. The normalized spacial score (nSPS) is 43.7. The van der Waals surface area contributed by atoms with Crippen molar-refractivity contribution in [3.63, 3.8) is 0 Å². The Balaban J connectivity index is 0.000000316. The maximum atomic E-state index is 9.96. The molecule has 0 heterocycles. The van der Waals surface area contributed by atoms with Crippen molar-refractivity contribution in [1.29, 1.82) is 0 Å². The average molecular weight is 464 g/mol.